The van der Waals surface area contributed by atoms with Gasteiger partial charge in [-0.2, -0.15) is 0 Å². The number of nitrogens with zero attached hydrogens (tertiary/aromatic N) is 2. The minimum Gasteiger partial charge on any atom is -0.293 e. The van der Waals surface area contributed by atoms with Crippen molar-refractivity contribution in [2.75, 3.05) is 5.75 Å². The summed E-state index contributed by atoms with van der Waals surface area (Å²) in [6.45, 7) is 0. The Labute approximate surface area is 108 Å². The highest BCUT2D eigenvalue weighted by molar-refractivity contribution is 7.99. The minimum atomic E-state index is -0.000729. The lowest BCUT2D eigenvalue weighted by Crippen LogP contribution is -2.03. The highest BCUT2D eigenvalue weighted by Gasteiger charge is 2.10. The van der Waals surface area contributed by atoms with Gasteiger partial charge in [-0.3, -0.25) is 4.79 Å². The summed E-state index contributed by atoms with van der Waals surface area (Å²) < 4.78 is 0. The number of ketones is 1. The Morgan fingerprint density at radius 1 is 1.29 bits per heavy atom. The molecule has 0 saturated heterocycles. The molecule has 0 aliphatic carbocycles. The van der Waals surface area contributed by atoms with Crippen LogP contribution in [-0.2, 0) is 0 Å². The van der Waals surface area contributed by atoms with Crippen LogP contribution in [0.5, 0.6) is 0 Å². The molecule has 5 heteroatoms. The predicted molar refractivity (Wildman–Crippen MR) is 68.5 cm³/mol. The average molecular weight is 265 g/mol. The number of benzene rings is 1. The molecule has 2 rings (SSSR count). The summed E-state index contributed by atoms with van der Waals surface area (Å²) in [4.78, 5) is 19.7. The Kier molecular flexibility index (Phi) is 4.12. The van der Waals surface area contributed by atoms with Crippen LogP contribution in [0.15, 0.2) is 47.9 Å². The normalized spacial score (nSPS) is 10.2. The molecular formula is C12H9ClN2OS. The second-order valence-corrected chi connectivity index (χ2v) is 4.64. The molecule has 0 aliphatic heterocycles. The standard InChI is InChI=1S/C12H9ClN2OS/c13-10-4-2-1-3-9(10)11(16)7-17-12-5-6-14-8-15-12/h1-6,8H,7H2. The molecule has 86 valence electrons. The molecule has 1 aromatic heterocycles. The van der Waals surface area contributed by atoms with Gasteiger partial charge in [0.2, 0.25) is 0 Å². The van der Waals surface area contributed by atoms with Crippen molar-refractivity contribution in [3.8, 4) is 0 Å². The lowest BCUT2D eigenvalue weighted by atomic mass is 10.1. The van der Waals surface area contributed by atoms with Crippen LogP contribution in [0.25, 0.3) is 0 Å². The SMILES string of the molecule is O=C(CSc1ccncn1)c1ccccc1Cl. The van der Waals surface area contributed by atoms with Gasteiger partial charge in [-0.25, -0.2) is 9.97 Å². The fraction of sp³-hybridized carbons (Fsp3) is 0.0833. The van der Waals surface area contributed by atoms with Crippen LogP contribution >= 0.6 is 23.4 Å². The van der Waals surface area contributed by atoms with Crippen LogP contribution < -0.4 is 0 Å². The zero-order valence-corrected chi connectivity index (χ0v) is 10.4. The smallest absolute Gasteiger partial charge is 0.174 e. The molecule has 0 unspecified atom stereocenters. The number of carbonyl (C=O) groups is 1. The van der Waals surface area contributed by atoms with E-state index in [2.05, 4.69) is 9.97 Å². The maximum Gasteiger partial charge on any atom is 0.174 e. The monoisotopic (exact) mass is 264 g/mol. The van der Waals surface area contributed by atoms with E-state index in [4.69, 9.17) is 11.6 Å². The van der Waals surface area contributed by atoms with E-state index < -0.39 is 0 Å². The van der Waals surface area contributed by atoms with E-state index in [0.717, 1.165) is 5.03 Å². The number of rotatable bonds is 4. The molecule has 0 radical (unpaired) electrons. The summed E-state index contributed by atoms with van der Waals surface area (Å²) in [5, 5.41) is 1.26. The Balaban J connectivity index is 2.01. The quantitative estimate of drug-likeness (QED) is 0.483. The first kappa shape index (κ1) is 12.1. The molecule has 0 amide bonds. The molecule has 1 heterocycles. The molecule has 0 saturated carbocycles. The van der Waals surface area contributed by atoms with Crippen LogP contribution in [0.1, 0.15) is 10.4 Å². The van der Waals surface area contributed by atoms with Gasteiger partial charge < -0.3 is 0 Å². The van der Waals surface area contributed by atoms with Crippen molar-refractivity contribution in [2.45, 2.75) is 5.03 Å². The van der Waals surface area contributed by atoms with Crippen molar-refractivity contribution in [3.63, 3.8) is 0 Å². The van der Waals surface area contributed by atoms with E-state index >= 15 is 0 Å². The van der Waals surface area contributed by atoms with Crippen molar-refractivity contribution < 1.29 is 4.79 Å². The van der Waals surface area contributed by atoms with Gasteiger partial charge in [0.1, 0.15) is 6.33 Å². The van der Waals surface area contributed by atoms with E-state index in [1.165, 1.54) is 18.1 Å². The van der Waals surface area contributed by atoms with Crippen LogP contribution in [0.4, 0.5) is 0 Å². The number of Topliss-reactive ketones (excluding diaryl/α,β-unsaturated/α-hetero) is 1. The second-order valence-electron chi connectivity index (χ2n) is 3.24. The average Bonchev–Trinajstić information content (AvgIpc) is 2.38. The highest BCUT2D eigenvalue weighted by Crippen LogP contribution is 2.20. The molecule has 0 fully saturated rings. The fourth-order valence-corrected chi connectivity index (χ4v) is 2.22. The number of hydrogen-bond donors (Lipinski definition) is 0. The molecule has 0 N–H and O–H groups in total. The lowest BCUT2D eigenvalue weighted by molar-refractivity contribution is 0.102. The predicted octanol–water partition coefficient (Wildman–Crippen LogP) is 3.11. The second kappa shape index (κ2) is 5.80. The zero-order valence-electron chi connectivity index (χ0n) is 8.84. The molecule has 0 bridgehead atoms. The summed E-state index contributed by atoms with van der Waals surface area (Å²) in [6.07, 6.45) is 3.11. The first-order valence-corrected chi connectivity index (χ1v) is 6.30. The molecule has 0 atom stereocenters. The fourth-order valence-electron chi connectivity index (χ4n) is 1.27. The van der Waals surface area contributed by atoms with Crippen molar-refractivity contribution in [2.24, 2.45) is 0 Å². The Bertz CT molecular complexity index is 519. The number of hydrogen-bond acceptors (Lipinski definition) is 4. The maximum absolute atomic E-state index is 11.9. The summed E-state index contributed by atoms with van der Waals surface area (Å²) >= 11 is 7.32. The Morgan fingerprint density at radius 3 is 2.82 bits per heavy atom. The van der Waals surface area contributed by atoms with Crippen molar-refractivity contribution >= 4 is 29.1 Å². The van der Waals surface area contributed by atoms with Gasteiger partial charge in [0.25, 0.3) is 0 Å². The van der Waals surface area contributed by atoms with Crippen LogP contribution in [0.3, 0.4) is 0 Å². The van der Waals surface area contributed by atoms with E-state index in [1.54, 1.807) is 36.5 Å². The summed E-state index contributed by atoms with van der Waals surface area (Å²) in [5.41, 5.74) is 0.552. The first-order valence-electron chi connectivity index (χ1n) is 4.94. The minimum absolute atomic E-state index is 0.000729. The zero-order chi connectivity index (χ0) is 12.1. The third-order valence-corrected chi connectivity index (χ3v) is 3.35. The van der Waals surface area contributed by atoms with E-state index in [9.17, 15) is 4.79 Å². The molecule has 3 nitrogen and oxygen atoms in total. The summed E-state index contributed by atoms with van der Waals surface area (Å²) in [6, 6.07) is 8.81. The molecular weight excluding hydrogens is 256 g/mol. The van der Waals surface area contributed by atoms with Crippen molar-refractivity contribution in [1.82, 2.24) is 9.97 Å². The van der Waals surface area contributed by atoms with Gasteiger partial charge in [-0.05, 0) is 18.2 Å². The third kappa shape index (κ3) is 3.28. The summed E-state index contributed by atoms with van der Waals surface area (Å²) in [7, 11) is 0. The van der Waals surface area contributed by atoms with Gasteiger partial charge >= 0.3 is 0 Å². The highest BCUT2D eigenvalue weighted by atomic mass is 35.5. The molecule has 0 aliphatic rings. The van der Waals surface area contributed by atoms with Gasteiger partial charge in [0.05, 0.1) is 15.8 Å². The van der Waals surface area contributed by atoms with Crippen LogP contribution in [-0.4, -0.2) is 21.5 Å². The first-order chi connectivity index (χ1) is 8.27. The Morgan fingerprint density at radius 2 is 2.12 bits per heavy atom. The largest absolute Gasteiger partial charge is 0.293 e. The number of carbonyl (C=O) groups excluding carboxylic acids is 1. The van der Waals surface area contributed by atoms with Gasteiger partial charge in [-0.15, -0.1) is 0 Å². The molecule has 0 spiro atoms. The number of aromatic nitrogens is 2. The maximum atomic E-state index is 11.9. The number of thioether (sulfide) groups is 1. The van der Waals surface area contributed by atoms with E-state index in [1.807, 2.05) is 0 Å². The van der Waals surface area contributed by atoms with Gasteiger partial charge in [0.15, 0.2) is 5.78 Å². The van der Waals surface area contributed by atoms with Crippen LogP contribution in [0, 0.1) is 0 Å². The van der Waals surface area contributed by atoms with Crippen molar-refractivity contribution in [3.05, 3.63) is 53.4 Å². The van der Waals surface area contributed by atoms with Crippen molar-refractivity contribution in [1.29, 1.82) is 0 Å². The lowest BCUT2D eigenvalue weighted by Gasteiger charge is -2.02. The molecule has 1 aromatic carbocycles. The molecule has 2 aromatic rings. The Hall–Kier alpha value is -1.39. The summed E-state index contributed by atoms with van der Waals surface area (Å²) in [5.74, 6) is 0.319. The topological polar surface area (TPSA) is 42.9 Å². The van der Waals surface area contributed by atoms with E-state index in [-0.39, 0.29) is 5.78 Å². The molecule has 17 heavy (non-hydrogen) atoms. The van der Waals surface area contributed by atoms with Gasteiger partial charge in [0, 0.05) is 11.8 Å². The number of halogens is 1. The van der Waals surface area contributed by atoms with Gasteiger partial charge in [-0.1, -0.05) is 35.5 Å². The van der Waals surface area contributed by atoms with Crippen LogP contribution in [0.2, 0.25) is 5.02 Å². The third-order valence-electron chi connectivity index (χ3n) is 2.08. The van der Waals surface area contributed by atoms with E-state index in [0.29, 0.717) is 16.3 Å².